The molecule has 9 heteroatoms. The van der Waals surface area contributed by atoms with E-state index in [1.807, 2.05) is 4.90 Å². The molecule has 4 nitrogen and oxygen atoms in total. The molecule has 0 bridgehead atoms. The molecule has 0 unspecified atom stereocenters. The zero-order valence-corrected chi connectivity index (χ0v) is 20.8. The minimum Gasteiger partial charge on any atom is -0.339 e. The van der Waals surface area contributed by atoms with Crippen LogP contribution in [0, 0.1) is 12.8 Å². The summed E-state index contributed by atoms with van der Waals surface area (Å²) >= 11 is 13.1. The van der Waals surface area contributed by atoms with Crippen LogP contribution in [-0.4, -0.2) is 33.4 Å². The lowest BCUT2D eigenvalue weighted by Crippen LogP contribution is -2.38. The number of piperidine rings is 1. The number of halogens is 5. The van der Waals surface area contributed by atoms with Gasteiger partial charge in [0.15, 0.2) is 0 Å². The van der Waals surface area contributed by atoms with Crippen molar-refractivity contribution in [2.24, 2.45) is 13.0 Å². The van der Waals surface area contributed by atoms with Crippen molar-refractivity contribution < 1.29 is 18.0 Å². The van der Waals surface area contributed by atoms with Gasteiger partial charge in [0, 0.05) is 31.6 Å². The first kappa shape index (κ1) is 24.9. The molecule has 0 spiro atoms. The van der Waals surface area contributed by atoms with Crippen molar-refractivity contribution in [1.82, 2.24) is 14.5 Å². The summed E-state index contributed by atoms with van der Waals surface area (Å²) in [6.45, 7) is 5.15. The summed E-state index contributed by atoms with van der Waals surface area (Å²) in [7, 11) is 1.67. The zero-order chi connectivity index (χ0) is 24.8. The molecular formula is C25H26Cl2F3N3O. The average Bonchev–Trinajstić information content (AvgIpc) is 3.12. The van der Waals surface area contributed by atoms with Crippen molar-refractivity contribution in [1.29, 1.82) is 0 Å². The largest absolute Gasteiger partial charge is 0.416 e. The minimum atomic E-state index is -4.45. The van der Waals surface area contributed by atoms with E-state index in [0.717, 1.165) is 31.4 Å². The highest BCUT2D eigenvalue weighted by molar-refractivity contribution is 6.38. The Labute approximate surface area is 206 Å². The number of aromatic nitrogens is 2. The van der Waals surface area contributed by atoms with E-state index in [4.69, 9.17) is 23.2 Å². The molecule has 3 aromatic rings. The summed E-state index contributed by atoms with van der Waals surface area (Å²) in [5.74, 6) is 1.02. The lowest BCUT2D eigenvalue weighted by Gasteiger charge is -2.32. The summed E-state index contributed by atoms with van der Waals surface area (Å²) in [5.41, 5.74) is 1.49. The van der Waals surface area contributed by atoms with Crippen molar-refractivity contribution in [2.45, 2.75) is 45.7 Å². The lowest BCUT2D eigenvalue weighted by molar-refractivity contribution is -0.137. The van der Waals surface area contributed by atoms with Crippen LogP contribution in [0.5, 0.6) is 0 Å². The molecule has 4 rings (SSSR count). The monoisotopic (exact) mass is 511 g/mol. The van der Waals surface area contributed by atoms with E-state index >= 15 is 0 Å². The molecule has 34 heavy (non-hydrogen) atoms. The number of hydrogen-bond acceptors (Lipinski definition) is 2. The Bertz CT molecular complexity index is 1240. The summed E-state index contributed by atoms with van der Waals surface area (Å²) in [6.07, 6.45) is -1.21. The van der Waals surface area contributed by atoms with Gasteiger partial charge in [-0.15, -0.1) is 0 Å². The standard InChI is InChI=1S/C25H26Cl2F3N3O/c1-4-15-7-9-33(10-8-15)24(34)17-5-6-19(26)18(22(17)27)13-21-31-23-14(2)11-16(25(28,29)30)12-20(23)32(21)3/h5-6,11-12,15H,4,7-10,13H2,1-3H3. The highest BCUT2D eigenvalue weighted by Crippen LogP contribution is 2.35. The van der Waals surface area contributed by atoms with Gasteiger partial charge in [0.05, 0.1) is 27.2 Å². The first-order chi connectivity index (χ1) is 16.0. The van der Waals surface area contributed by atoms with Crippen LogP contribution >= 0.6 is 23.2 Å². The Kier molecular flexibility index (Phi) is 6.89. The van der Waals surface area contributed by atoms with Crippen molar-refractivity contribution in [3.63, 3.8) is 0 Å². The zero-order valence-electron chi connectivity index (χ0n) is 19.3. The van der Waals surface area contributed by atoms with E-state index in [2.05, 4.69) is 11.9 Å². The number of carbonyl (C=O) groups excluding carboxylic acids is 1. The van der Waals surface area contributed by atoms with Crippen LogP contribution in [0.3, 0.4) is 0 Å². The molecular weight excluding hydrogens is 486 g/mol. The molecule has 1 aliphatic rings. The fraction of sp³-hybridized carbons (Fsp3) is 0.440. The van der Waals surface area contributed by atoms with Gasteiger partial charge >= 0.3 is 6.18 Å². The number of benzene rings is 2. The number of amides is 1. The SMILES string of the molecule is CCC1CCN(C(=O)c2ccc(Cl)c(Cc3nc4c(C)cc(C(F)(F)F)cc4n3C)c2Cl)CC1. The highest BCUT2D eigenvalue weighted by Gasteiger charge is 2.32. The third kappa shape index (κ3) is 4.65. The fourth-order valence-corrected chi connectivity index (χ4v) is 5.21. The summed E-state index contributed by atoms with van der Waals surface area (Å²) < 4.78 is 41.5. The van der Waals surface area contributed by atoms with Gasteiger partial charge < -0.3 is 9.47 Å². The quantitative estimate of drug-likeness (QED) is 0.376. The Morgan fingerprint density at radius 2 is 1.85 bits per heavy atom. The second kappa shape index (κ2) is 9.42. The Morgan fingerprint density at radius 1 is 1.18 bits per heavy atom. The highest BCUT2D eigenvalue weighted by atomic mass is 35.5. The van der Waals surface area contributed by atoms with Crippen molar-refractivity contribution in [3.05, 3.63) is 62.4 Å². The average molecular weight is 512 g/mol. The molecule has 0 aliphatic carbocycles. The lowest BCUT2D eigenvalue weighted by atomic mass is 9.94. The van der Waals surface area contributed by atoms with Gasteiger partial charge in [-0.05, 0) is 61.1 Å². The third-order valence-electron chi connectivity index (χ3n) is 6.83. The maximum Gasteiger partial charge on any atom is 0.416 e. The molecule has 2 aromatic carbocycles. The molecule has 2 heterocycles. The van der Waals surface area contributed by atoms with Crippen LogP contribution in [0.2, 0.25) is 10.0 Å². The molecule has 0 N–H and O–H groups in total. The predicted octanol–water partition coefficient (Wildman–Crippen LogP) is 7.06. The molecule has 1 amide bonds. The minimum absolute atomic E-state index is 0.131. The molecule has 1 fully saturated rings. The number of alkyl halides is 3. The van der Waals surface area contributed by atoms with E-state index in [-0.39, 0.29) is 17.4 Å². The topological polar surface area (TPSA) is 38.1 Å². The number of imidazole rings is 1. The van der Waals surface area contributed by atoms with Gasteiger partial charge in [0.1, 0.15) is 5.82 Å². The van der Waals surface area contributed by atoms with Crippen molar-refractivity contribution >= 4 is 40.1 Å². The third-order valence-corrected chi connectivity index (χ3v) is 7.61. The van der Waals surface area contributed by atoms with E-state index in [1.54, 1.807) is 30.7 Å². The van der Waals surface area contributed by atoms with Gasteiger partial charge in [-0.2, -0.15) is 13.2 Å². The van der Waals surface area contributed by atoms with E-state index in [1.165, 1.54) is 0 Å². The van der Waals surface area contributed by atoms with Crippen molar-refractivity contribution in [3.8, 4) is 0 Å². The fourth-order valence-electron chi connectivity index (χ4n) is 4.62. The number of hydrogen-bond donors (Lipinski definition) is 0. The second-order valence-corrected chi connectivity index (χ2v) is 9.74. The smallest absolute Gasteiger partial charge is 0.339 e. The van der Waals surface area contributed by atoms with E-state index in [9.17, 15) is 18.0 Å². The van der Waals surface area contributed by atoms with Crippen LogP contribution < -0.4 is 0 Å². The van der Waals surface area contributed by atoms with Crippen LogP contribution in [0.15, 0.2) is 24.3 Å². The van der Waals surface area contributed by atoms with Gasteiger partial charge in [0.2, 0.25) is 0 Å². The van der Waals surface area contributed by atoms with Gasteiger partial charge in [-0.3, -0.25) is 4.79 Å². The molecule has 0 atom stereocenters. The Morgan fingerprint density at radius 3 is 2.47 bits per heavy atom. The molecule has 1 saturated heterocycles. The molecule has 182 valence electrons. The summed E-state index contributed by atoms with van der Waals surface area (Å²) in [4.78, 5) is 19.6. The molecule has 1 aromatic heterocycles. The Hall–Kier alpha value is -2.25. The van der Waals surface area contributed by atoms with Crippen LogP contribution in [-0.2, 0) is 19.6 Å². The molecule has 1 aliphatic heterocycles. The first-order valence-corrected chi connectivity index (χ1v) is 12.1. The predicted molar refractivity (Wildman–Crippen MR) is 129 cm³/mol. The van der Waals surface area contributed by atoms with Crippen LogP contribution in [0.25, 0.3) is 11.0 Å². The normalized spacial score (nSPS) is 15.4. The number of rotatable bonds is 4. The van der Waals surface area contributed by atoms with Crippen LogP contribution in [0.4, 0.5) is 13.2 Å². The van der Waals surface area contributed by atoms with Gasteiger partial charge in [-0.1, -0.05) is 36.5 Å². The van der Waals surface area contributed by atoms with Crippen molar-refractivity contribution in [2.75, 3.05) is 13.1 Å². The second-order valence-electron chi connectivity index (χ2n) is 8.95. The van der Waals surface area contributed by atoms with Gasteiger partial charge in [0.25, 0.3) is 5.91 Å². The van der Waals surface area contributed by atoms with E-state index in [0.29, 0.717) is 57.6 Å². The number of nitrogens with zero attached hydrogens (tertiary/aromatic N) is 3. The molecule has 0 saturated carbocycles. The number of carbonyl (C=O) groups is 1. The summed E-state index contributed by atoms with van der Waals surface area (Å²) in [5, 5.41) is 0.640. The van der Waals surface area contributed by atoms with E-state index < -0.39 is 11.7 Å². The number of fused-ring (bicyclic) bond motifs is 1. The first-order valence-electron chi connectivity index (χ1n) is 11.3. The number of aryl methyl sites for hydroxylation is 2. The maximum atomic E-state index is 13.3. The maximum absolute atomic E-state index is 13.3. The number of likely N-dealkylation sites (tertiary alicyclic amines) is 1. The molecule has 0 radical (unpaired) electrons. The van der Waals surface area contributed by atoms with Gasteiger partial charge in [-0.25, -0.2) is 4.98 Å². The van der Waals surface area contributed by atoms with Crippen LogP contribution in [0.1, 0.15) is 59.1 Å². The Balaban J connectivity index is 1.68. The summed E-state index contributed by atoms with van der Waals surface area (Å²) in [6, 6.07) is 5.48.